The average molecular weight is 505 g/mol. The summed E-state index contributed by atoms with van der Waals surface area (Å²) in [6.07, 6.45) is 22.3. The number of rotatable bonds is 12. The minimum atomic E-state index is -0.953. The number of hydrogen-bond acceptors (Lipinski definition) is 2. The number of benzene rings is 1. The van der Waals surface area contributed by atoms with Crippen molar-refractivity contribution in [3.8, 4) is 11.5 Å². The summed E-state index contributed by atoms with van der Waals surface area (Å²) < 4.78 is 39.1. The minimum Gasteiger partial charge on any atom is -0.491 e. The maximum atomic E-state index is 14.3. The standard InChI is InChI=1S/C32H50F2O2/c1-3-7-24-14-16-28-21-25(15-17-27(28)20-24)9-6-5-8-23-10-12-26(13-11-23)22-36-30-19-18-29(35-4-2)31(33)32(30)34/h18-19,23-28H,3-17,20-22H2,1-2H3. The Morgan fingerprint density at radius 3 is 1.72 bits per heavy atom. The molecular weight excluding hydrogens is 454 g/mol. The molecule has 0 saturated heterocycles. The lowest BCUT2D eigenvalue weighted by Gasteiger charge is -2.42. The smallest absolute Gasteiger partial charge is 0.204 e. The average Bonchev–Trinajstić information content (AvgIpc) is 2.90. The fraction of sp³-hybridized carbons (Fsp3) is 0.812. The number of ether oxygens (including phenoxy) is 2. The van der Waals surface area contributed by atoms with Crippen molar-refractivity contribution in [2.24, 2.45) is 35.5 Å². The Bertz CT molecular complexity index is 789. The van der Waals surface area contributed by atoms with Crippen LogP contribution in [0.2, 0.25) is 0 Å². The monoisotopic (exact) mass is 504 g/mol. The summed E-state index contributed by atoms with van der Waals surface area (Å²) in [6.45, 7) is 4.88. The van der Waals surface area contributed by atoms with Crippen LogP contribution in [0, 0.1) is 47.1 Å². The lowest BCUT2D eigenvalue weighted by Crippen LogP contribution is -2.31. The molecule has 0 aromatic heterocycles. The Morgan fingerprint density at radius 1 is 0.639 bits per heavy atom. The SMILES string of the molecule is CCCC1CCC2CC(CCCCC3CCC(COc4ccc(OCC)c(F)c4F)CC3)CCC2C1. The molecule has 0 bridgehead atoms. The first-order valence-electron chi connectivity index (χ1n) is 15.3. The van der Waals surface area contributed by atoms with E-state index in [1.165, 1.54) is 102 Å². The number of unbranched alkanes of at least 4 members (excludes halogenated alkanes) is 1. The molecule has 4 atom stereocenters. The third-order valence-corrected chi connectivity index (χ3v) is 9.75. The zero-order chi connectivity index (χ0) is 25.3. The van der Waals surface area contributed by atoms with E-state index in [0.29, 0.717) is 19.1 Å². The van der Waals surface area contributed by atoms with Crippen LogP contribution in [0.25, 0.3) is 0 Å². The molecule has 36 heavy (non-hydrogen) atoms. The number of fused-ring (bicyclic) bond motifs is 1. The van der Waals surface area contributed by atoms with E-state index in [2.05, 4.69) is 6.92 Å². The van der Waals surface area contributed by atoms with Crippen molar-refractivity contribution in [1.82, 2.24) is 0 Å². The highest BCUT2D eigenvalue weighted by Gasteiger charge is 2.35. The molecule has 4 heteroatoms. The van der Waals surface area contributed by atoms with Gasteiger partial charge in [0.05, 0.1) is 13.2 Å². The van der Waals surface area contributed by atoms with Crippen LogP contribution in [0.1, 0.15) is 117 Å². The summed E-state index contributed by atoms with van der Waals surface area (Å²) in [6, 6.07) is 2.94. The highest BCUT2D eigenvalue weighted by molar-refractivity contribution is 5.35. The summed E-state index contributed by atoms with van der Waals surface area (Å²) in [7, 11) is 0. The molecule has 4 unspecified atom stereocenters. The van der Waals surface area contributed by atoms with Gasteiger partial charge in [0.1, 0.15) is 0 Å². The Balaban J connectivity index is 1.07. The van der Waals surface area contributed by atoms with Gasteiger partial charge in [-0.2, -0.15) is 8.78 Å². The van der Waals surface area contributed by atoms with Crippen molar-refractivity contribution < 1.29 is 18.3 Å². The first kappa shape index (κ1) is 27.7. The Labute approximate surface area is 218 Å². The molecule has 1 aromatic carbocycles. The molecule has 0 N–H and O–H groups in total. The summed E-state index contributed by atoms with van der Waals surface area (Å²) in [5.41, 5.74) is 0. The van der Waals surface area contributed by atoms with Crippen molar-refractivity contribution in [2.75, 3.05) is 13.2 Å². The number of hydrogen-bond donors (Lipinski definition) is 0. The van der Waals surface area contributed by atoms with E-state index in [1.54, 1.807) is 6.92 Å². The van der Waals surface area contributed by atoms with Gasteiger partial charge in [-0.1, -0.05) is 71.1 Å². The van der Waals surface area contributed by atoms with Gasteiger partial charge in [0.25, 0.3) is 0 Å². The van der Waals surface area contributed by atoms with Crippen LogP contribution in [0.3, 0.4) is 0 Å². The van der Waals surface area contributed by atoms with Crippen molar-refractivity contribution in [3.05, 3.63) is 23.8 Å². The van der Waals surface area contributed by atoms with Gasteiger partial charge in [-0.25, -0.2) is 0 Å². The zero-order valence-electron chi connectivity index (χ0n) is 22.9. The molecule has 1 aromatic rings. The van der Waals surface area contributed by atoms with Gasteiger partial charge in [0, 0.05) is 0 Å². The normalized spacial score (nSPS) is 30.6. The van der Waals surface area contributed by atoms with Crippen molar-refractivity contribution in [3.63, 3.8) is 0 Å². The second-order valence-electron chi connectivity index (χ2n) is 12.3. The molecule has 0 heterocycles. The highest BCUT2D eigenvalue weighted by Crippen LogP contribution is 2.46. The molecule has 0 spiro atoms. The maximum Gasteiger partial charge on any atom is 0.204 e. The van der Waals surface area contributed by atoms with E-state index in [-0.39, 0.29) is 11.5 Å². The molecule has 0 aliphatic heterocycles. The first-order valence-corrected chi connectivity index (χ1v) is 15.3. The van der Waals surface area contributed by atoms with Gasteiger partial charge in [0.15, 0.2) is 11.5 Å². The van der Waals surface area contributed by atoms with Crippen LogP contribution in [0.15, 0.2) is 12.1 Å². The van der Waals surface area contributed by atoms with Crippen LogP contribution in [-0.2, 0) is 0 Å². The van der Waals surface area contributed by atoms with Crippen molar-refractivity contribution >= 4 is 0 Å². The Kier molecular flexibility index (Phi) is 10.8. The summed E-state index contributed by atoms with van der Waals surface area (Å²) >= 11 is 0. The lowest BCUT2D eigenvalue weighted by molar-refractivity contribution is 0.0908. The van der Waals surface area contributed by atoms with Gasteiger partial charge >= 0.3 is 0 Å². The summed E-state index contributed by atoms with van der Waals surface area (Å²) in [4.78, 5) is 0. The molecule has 204 valence electrons. The highest BCUT2D eigenvalue weighted by atomic mass is 19.2. The lowest BCUT2D eigenvalue weighted by atomic mass is 9.63. The van der Waals surface area contributed by atoms with Crippen LogP contribution < -0.4 is 9.47 Å². The second-order valence-corrected chi connectivity index (χ2v) is 12.3. The molecular formula is C32H50F2O2. The third-order valence-electron chi connectivity index (χ3n) is 9.75. The molecule has 3 aliphatic carbocycles. The van der Waals surface area contributed by atoms with Crippen LogP contribution in [0.4, 0.5) is 8.78 Å². The summed E-state index contributed by atoms with van der Waals surface area (Å²) in [5, 5.41) is 0. The molecule has 4 rings (SSSR count). The predicted octanol–water partition coefficient (Wildman–Crippen LogP) is 9.74. The second kappa shape index (κ2) is 14.0. The van der Waals surface area contributed by atoms with E-state index in [1.807, 2.05) is 0 Å². The Morgan fingerprint density at radius 2 is 1.14 bits per heavy atom. The van der Waals surface area contributed by atoms with E-state index < -0.39 is 11.6 Å². The van der Waals surface area contributed by atoms with E-state index in [4.69, 9.17) is 9.47 Å². The molecule has 3 fully saturated rings. The zero-order valence-corrected chi connectivity index (χ0v) is 22.9. The fourth-order valence-electron chi connectivity index (χ4n) is 7.67. The van der Waals surface area contributed by atoms with E-state index >= 15 is 0 Å². The summed E-state index contributed by atoms with van der Waals surface area (Å²) in [5.74, 6) is 3.46. The maximum absolute atomic E-state index is 14.3. The van der Waals surface area contributed by atoms with E-state index in [0.717, 1.165) is 42.4 Å². The molecule has 0 amide bonds. The largest absolute Gasteiger partial charge is 0.491 e. The van der Waals surface area contributed by atoms with Crippen molar-refractivity contribution in [2.45, 2.75) is 117 Å². The molecule has 3 aliphatic rings. The topological polar surface area (TPSA) is 18.5 Å². The molecule has 0 radical (unpaired) electrons. The van der Waals surface area contributed by atoms with Gasteiger partial charge in [-0.15, -0.1) is 0 Å². The van der Waals surface area contributed by atoms with Gasteiger partial charge in [0.2, 0.25) is 11.6 Å². The van der Waals surface area contributed by atoms with Gasteiger partial charge < -0.3 is 9.47 Å². The van der Waals surface area contributed by atoms with Crippen LogP contribution >= 0.6 is 0 Å². The van der Waals surface area contributed by atoms with E-state index in [9.17, 15) is 8.78 Å². The molecule has 2 nitrogen and oxygen atoms in total. The first-order chi connectivity index (χ1) is 17.6. The van der Waals surface area contributed by atoms with Crippen LogP contribution in [0.5, 0.6) is 11.5 Å². The predicted molar refractivity (Wildman–Crippen MR) is 144 cm³/mol. The third kappa shape index (κ3) is 7.60. The fourth-order valence-corrected chi connectivity index (χ4v) is 7.67. The van der Waals surface area contributed by atoms with Crippen LogP contribution in [-0.4, -0.2) is 13.2 Å². The Hall–Kier alpha value is -1.32. The van der Waals surface area contributed by atoms with Gasteiger partial charge in [-0.05, 0) is 93.1 Å². The minimum absolute atomic E-state index is 0.00103. The van der Waals surface area contributed by atoms with Crippen molar-refractivity contribution in [1.29, 1.82) is 0 Å². The number of halogens is 2. The molecule has 3 saturated carbocycles. The van der Waals surface area contributed by atoms with Gasteiger partial charge in [-0.3, -0.25) is 0 Å². The quantitative estimate of drug-likeness (QED) is 0.264.